The SMILES string of the molecule is CCCCCCCc1ccc(N=Cc2ccc(OCC)cc2)cc1. The summed E-state index contributed by atoms with van der Waals surface area (Å²) in [6.45, 7) is 4.94. The Labute approximate surface area is 146 Å². The average Bonchev–Trinajstić information content (AvgIpc) is 2.62. The second kappa shape index (κ2) is 10.6. The molecule has 2 aromatic carbocycles. The fourth-order valence-corrected chi connectivity index (χ4v) is 2.65. The fourth-order valence-electron chi connectivity index (χ4n) is 2.65. The van der Waals surface area contributed by atoms with Crippen LogP contribution in [0.15, 0.2) is 53.5 Å². The first-order valence-corrected chi connectivity index (χ1v) is 9.17. The molecule has 2 aromatic rings. The van der Waals surface area contributed by atoms with E-state index in [1.54, 1.807) is 0 Å². The molecule has 2 rings (SSSR count). The standard InChI is InChI=1S/C22H29NO/c1-3-5-6-7-8-9-19-10-14-21(15-11-19)23-18-20-12-16-22(17-13-20)24-4-2/h10-18H,3-9H2,1-2H3. The maximum absolute atomic E-state index is 5.45. The molecule has 0 radical (unpaired) electrons. The zero-order valence-electron chi connectivity index (χ0n) is 15.0. The molecule has 0 spiro atoms. The van der Waals surface area contributed by atoms with Gasteiger partial charge in [0.2, 0.25) is 0 Å². The van der Waals surface area contributed by atoms with Gasteiger partial charge >= 0.3 is 0 Å². The Hall–Kier alpha value is -2.09. The van der Waals surface area contributed by atoms with E-state index in [9.17, 15) is 0 Å². The Morgan fingerprint density at radius 2 is 1.54 bits per heavy atom. The van der Waals surface area contributed by atoms with E-state index < -0.39 is 0 Å². The van der Waals surface area contributed by atoms with E-state index >= 15 is 0 Å². The maximum atomic E-state index is 5.45. The number of hydrogen-bond donors (Lipinski definition) is 0. The van der Waals surface area contributed by atoms with Crippen LogP contribution in [0.1, 0.15) is 57.1 Å². The molecule has 0 heterocycles. The van der Waals surface area contributed by atoms with Crippen molar-refractivity contribution in [3.8, 4) is 5.75 Å². The minimum Gasteiger partial charge on any atom is -0.494 e. The molecule has 2 nitrogen and oxygen atoms in total. The molecule has 0 N–H and O–H groups in total. The lowest BCUT2D eigenvalue weighted by atomic mass is 10.1. The molecule has 24 heavy (non-hydrogen) atoms. The van der Waals surface area contributed by atoms with Crippen molar-refractivity contribution in [2.75, 3.05) is 6.61 Å². The molecule has 128 valence electrons. The van der Waals surface area contributed by atoms with Gasteiger partial charge in [-0.1, -0.05) is 44.7 Å². The van der Waals surface area contributed by atoms with E-state index in [1.807, 2.05) is 37.4 Å². The van der Waals surface area contributed by atoms with Gasteiger partial charge in [0.25, 0.3) is 0 Å². The van der Waals surface area contributed by atoms with Gasteiger partial charge in [0, 0.05) is 6.21 Å². The largest absolute Gasteiger partial charge is 0.494 e. The van der Waals surface area contributed by atoms with Gasteiger partial charge in [-0.3, -0.25) is 4.99 Å². The van der Waals surface area contributed by atoms with E-state index in [0.29, 0.717) is 6.61 Å². The summed E-state index contributed by atoms with van der Waals surface area (Å²) >= 11 is 0. The highest BCUT2D eigenvalue weighted by Gasteiger charge is 1.96. The minimum absolute atomic E-state index is 0.693. The lowest BCUT2D eigenvalue weighted by Crippen LogP contribution is -1.91. The highest BCUT2D eigenvalue weighted by Crippen LogP contribution is 2.16. The van der Waals surface area contributed by atoms with Crippen LogP contribution in [0, 0.1) is 0 Å². The highest BCUT2D eigenvalue weighted by atomic mass is 16.5. The van der Waals surface area contributed by atoms with E-state index in [-0.39, 0.29) is 0 Å². The number of rotatable bonds is 10. The second-order valence-electron chi connectivity index (χ2n) is 6.09. The third-order valence-corrected chi connectivity index (χ3v) is 4.06. The summed E-state index contributed by atoms with van der Waals surface area (Å²) < 4.78 is 5.45. The molecule has 0 saturated carbocycles. The van der Waals surface area contributed by atoms with E-state index in [1.165, 1.54) is 44.1 Å². The molecular weight excluding hydrogens is 294 g/mol. The van der Waals surface area contributed by atoms with Crippen LogP contribution in [-0.2, 0) is 6.42 Å². The van der Waals surface area contributed by atoms with Crippen molar-refractivity contribution in [1.82, 2.24) is 0 Å². The quantitative estimate of drug-likeness (QED) is 0.369. The molecule has 0 unspecified atom stereocenters. The normalized spacial score (nSPS) is 11.1. The zero-order valence-corrected chi connectivity index (χ0v) is 15.0. The predicted octanol–water partition coefficient (Wildman–Crippen LogP) is 6.35. The molecule has 0 saturated heterocycles. The number of ether oxygens (including phenoxy) is 1. The molecule has 0 bridgehead atoms. The molecule has 0 aromatic heterocycles. The summed E-state index contributed by atoms with van der Waals surface area (Å²) in [5, 5.41) is 0. The van der Waals surface area contributed by atoms with E-state index in [4.69, 9.17) is 4.74 Å². The van der Waals surface area contributed by atoms with Crippen molar-refractivity contribution >= 4 is 11.9 Å². The van der Waals surface area contributed by atoms with Crippen molar-refractivity contribution in [1.29, 1.82) is 0 Å². The summed E-state index contributed by atoms with van der Waals surface area (Å²) in [5.74, 6) is 0.901. The van der Waals surface area contributed by atoms with Crippen LogP contribution < -0.4 is 4.74 Å². The summed E-state index contributed by atoms with van der Waals surface area (Å²) in [4.78, 5) is 4.55. The lowest BCUT2D eigenvalue weighted by molar-refractivity contribution is 0.340. The van der Waals surface area contributed by atoms with Gasteiger partial charge < -0.3 is 4.74 Å². The van der Waals surface area contributed by atoms with Crippen LogP contribution in [0.3, 0.4) is 0 Å². The molecule has 0 fully saturated rings. The van der Waals surface area contributed by atoms with Crippen LogP contribution in [0.5, 0.6) is 5.75 Å². The maximum Gasteiger partial charge on any atom is 0.119 e. The molecule has 0 aliphatic carbocycles. The number of nitrogens with zero attached hydrogens (tertiary/aromatic N) is 1. The first-order valence-electron chi connectivity index (χ1n) is 9.17. The van der Waals surface area contributed by atoms with Crippen molar-refractivity contribution in [3.05, 3.63) is 59.7 Å². The molecule has 0 aliphatic rings. The number of aliphatic imine (C=N–C) groups is 1. The van der Waals surface area contributed by atoms with Crippen LogP contribution in [0.2, 0.25) is 0 Å². The second-order valence-corrected chi connectivity index (χ2v) is 6.09. The van der Waals surface area contributed by atoms with Gasteiger partial charge in [-0.15, -0.1) is 0 Å². The molecule has 2 heteroatoms. The highest BCUT2D eigenvalue weighted by molar-refractivity contribution is 5.82. The number of unbranched alkanes of at least 4 members (excludes halogenated alkanes) is 4. The monoisotopic (exact) mass is 323 g/mol. The van der Waals surface area contributed by atoms with Crippen LogP contribution >= 0.6 is 0 Å². The van der Waals surface area contributed by atoms with E-state index in [2.05, 4.69) is 36.2 Å². The smallest absolute Gasteiger partial charge is 0.119 e. The van der Waals surface area contributed by atoms with Crippen molar-refractivity contribution in [2.45, 2.75) is 52.4 Å². The minimum atomic E-state index is 0.693. The number of aryl methyl sites for hydroxylation is 1. The fraction of sp³-hybridized carbons (Fsp3) is 0.409. The Morgan fingerprint density at radius 3 is 2.21 bits per heavy atom. The molecule has 0 amide bonds. The summed E-state index contributed by atoms with van der Waals surface area (Å²) in [5.41, 5.74) is 3.49. The van der Waals surface area contributed by atoms with Gasteiger partial charge in [-0.05, 0) is 67.3 Å². The summed E-state index contributed by atoms with van der Waals surface area (Å²) in [7, 11) is 0. The Balaban J connectivity index is 1.82. The van der Waals surface area contributed by atoms with Crippen LogP contribution in [-0.4, -0.2) is 12.8 Å². The average molecular weight is 323 g/mol. The molecule has 0 aliphatic heterocycles. The van der Waals surface area contributed by atoms with Crippen LogP contribution in [0.25, 0.3) is 0 Å². The zero-order chi connectivity index (χ0) is 17.0. The van der Waals surface area contributed by atoms with Crippen molar-refractivity contribution in [3.63, 3.8) is 0 Å². The van der Waals surface area contributed by atoms with Crippen LogP contribution in [0.4, 0.5) is 5.69 Å². The Bertz CT molecular complexity index is 599. The van der Waals surface area contributed by atoms with E-state index in [0.717, 1.165) is 17.0 Å². The van der Waals surface area contributed by atoms with Crippen molar-refractivity contribution in [2.24, 2.45) is 4.99 Å². The number of benzene rings is 2. The number of hydrogen-bond acceptors (Lipinski definition) is 2. The van der Waals surface area contributed by atoms with Gasteiger partial charge in [-0.2, -0.15) is 0 Å². The third-order valence-electron chi connectivity index (χ3n) is 4.06. The Morgan fingerprint density at radius 1 is 0.833 bits per heavy atom. The lowest BCUT2D eigenvalue weighted by Gasteiger charge is -2.03. The summed E-state index contributed by atoms with van der Waals surface area (Å²) in [6.07, 6.45) is 9.73. The van der Waals surface area contributed by atoms with Crippen molar-refractivity contribution < 1.29 is 4.74 Å². The van der Waals surface area contributed by atoms with Gasteiger partial charge in [-0.25, -0.2) is 0 Å². The summed E-state index contributed by atoms with van der Waals surface area (Å²) in [6, 6.07) is 16.6. The Kier molecular flexibility index (Phi) is 8.09. The topological polar surface area (TPSA) is 21.6 Å². The molecular formula is C22H29NO. The van der Waals surface area contributed by atoms with Gasteiger partial charge in [0.05, 0.1) is 12.3 Å². The van der Waals surface area contributed by atoms with Gasteiger partial charge in [0.1, 0.15) is 5.75 Å². The predicted molar refractivity (Wildman–Crippen MR) is 104 cm³/mol. The third kappa shape index (κ3) is 6.57. The molecule has 0 atom stereocenters. The first kappa shape index (κ1) is 18.3. The van der Waals surface area contributed by atoms with Gasteiger partial charge in [0.15, 0.2) is 0 Å². The first-order chi connectivity index (χ1) is 11.8.